The first-order valence-corrected chi connectivity index (χ1v) is 10.3. The minimum absolute atomic E-state index is 0.152. The number of aromatic nitrogens is 4. The van der Waals surface area contributed by atoms with Crippen LogP contribution < -0.4 is 16.0 Å². The number of rotatable bonds is 10. The van der Waals surface area contributed by atoms with Crippen molar-refractivity contribution in [2.75, 3.05) is 12.3 Å². The number of carbonyl (C=O) groups excluding carboxylic acids is 1. The Labute approximate surface area is 184 Å². The molecule has 0 aliphatic carbocycles. The van der Waals surface area contributed by atoms with Crippen LogP contribution in [0.2, 0.25) is 0 Å². The fourth-order valence-electron chi connectivity index (χ4n) is 3.41. The van der Waals surface area contributed by atoms with Gasteiger partial charge >= 0.3 is 0 Å². The predicted octanol–water partition coefficient (Wildman–Crippen LogP) is 3.16. The molecular formula is C22H24N6O4. The van der Waals surface area contributed by atoms with Crippen molar-refractivity contribution >= 4 is 22.9 Å². The van der Waals surface area contributed by atoms with Crippen LogP contribution in [0.5, 0.6) is 5.75 Å². The van der Waals surface area contributed by atoms with Crippen LogP contribution in [0.1, 0.15) is 31.2 Å². The standard InChI is InChI=1S/C22H24N6O4/c23-22-25-20(18-8-5-11-32-18)17-13-24-28(21(17)26-22)14-15-6-4-7-16(12-15)31-10-3-1-2-9-19(29)27-30/h4-8,11-13,30H,1-3,9-10,14H2,(H,27,29)(H2,23,25,26). The molecule has 3 aromatic heterocycles. The topological polar surface area (TPSA) is 141 Å². The summed E-state index contributed by atoms with van der Waals surface area (Å²) in [4.78, 5) is 19.7. The number of nitrogen functional groups attached to an aromatic ring is 1. The van der Waals surface area contributed by atoms with Gasteiger partial charge in [0.1, 0.15) is 11.4 Å². The molecule has 10 heteroatoms. The highest BCUT2D eigenvalue weighted by Gasteiger charge is 2.15. The van der Waals surface area contributed by atoms with Crippen LogP contribution in [-0.2, 0) is 11.3 Å². The number of anilines is 1. The van der Waals surface area contributed by atoms with E-state index < -0.39 is 0 Å². The molecule has 0 saturated heterocycles. The molecule has 0 radical (unpaired) electrons. The number of fused-ring (bicyclic) bond motifs is 1. The molecule has 166 valence electrons. The van der Waals surface area contributed by atoms with Gasteiger partial charge in [-0.15, -0.1) is 0 Å². The van der Waals surface area contributed by atoms with Crippen molar-refractivity contribution in [1.29, 1.82) is 0 Å². The van der Waals surface area contributed by atoms with Crippen molar-refractivity contribution in [2.24, 2.45) is 0 Å². The number of carbonyl (C=O) groups is 1. The van der Waals surface area contributed by atoms with Crippen molar-refractivity contribution in [2.45, 2.75) is 32.2 Å². The third-order valence-corrected chi connectivity index (χ3v) is 4.94. The second-order valence-corrected chi connectivity index (χ2v) is 7.29. The fourth-order valence-corrected chi connectivity index (χ4v) is 3.41. The Bertz CT molecular complexity index is 1190. The summed E-state index contributed by atoms with van der Waals surface area (Å²) in [5, 5.41) is 13.7. The van der Waals surface area contributed by atoms with Gasteiger partial charge in [0, 0.05) is 6.42 Å². The summed E-state index contributed by atoms with van der Waals surface area (Å²) in [5.74, 6) is 1.15. The molecule has 0 saturated carbocycles. The summed E-state index contributed by atoms with van der Waals surface area (Å²) in [6.07, 6.45) is 5.96. The molecule has 0 bridgehead atoms. The van der Waals surface area contributed by atoms with E-state index in [1.807, 2.05) is 30.3 Å². The minimum atomic E-state index is -0.368. The number of ether oxygens (including phenoxy) is 1. The third kappa shape index (κ3) is 5.03. The van der Waals surface area contributed by atoms with E-state index in [0.717, 1.165) is 29.5 Å². The van der Waals surface area contributed by atoms with Gasteiger partial charge in [-0.3, -0.25) is 10.0 Å². The normalized spacial score (nSPS) is 11.0. The van der Waals surface area contributed by atoms with Gasteiger partial charge in [-0.2, -0.15) is 10.1 Å². The summed E-state index contributed by atoms with van der Waals surface area (Å²) in [5.41, 5.74) is 9.80. The van der Waals surface area contributed by atoms with Gasteiger partial charge < -0.3 is 14.9 Å². The lowest BCUT2D eigenvalue weighted by molar-refractivity contribution is -0.129. The average Bonchev–Trinajstić information content (AvgIpc) is 3.46. The van der Waals surface area contributed by atoms with Gasteiger partial charge in [-0.05, 0) is 49.1 Å². The van der Waals surface area contributed by atoms with Crippen LogP contribution in [0.25, 0.3) is 22.5 Å². The lowest BCUT2D eigenvalue weighted by Gasteiger charge is -2.09. The number of nitrogens with one attached hydrogen (secondary N) is 1. The van der Waals surface area contributed by atoms with Gasteiger partial charge in [-0.25, -0.2) is 15.1 Å². The number of nitrogens with two attached hydrogens (primary N) is 1. The SMILES string of the molecule is Nc1nc(-c2ccco2)c2cnn(Cc3cccc(OCCCCCC(=O)NO)c3)c2n1. The van der Waals surface area contributed by atoms with E-state index in [2.05, 4.69) is 15.1 Å². The number of hydroxylamine groups is 1. The maximum absolute atomic E-state index is 11.0. The molecule has 0 atom stereocenters. The Morgan fingerprint density at radius 1 is 1.19 bits per heavy atom. The first kappa shape index (κ1) is 21.3. The molecule has 0 spiro atoms. The summed E-state index contributed by atoms with van der Waals surface area (Å²) in [6.45, 7) is 1.04. The average molecular weight is 436 g/mol. The minimum Gasteiger partial charge on any atom is -0.494 e. The molecular weight excluding hydrogens is 412 g/mol. The molecule has 32 heavy (non-hydrogen) atoms. The number of hydrogen-bond acceptors (Lipinski definition) is 8. The molecule has 0 aliphatic heterocycles. The second-order valence-electron chi connectivity index (χ2n) is 7.29. The van der Waals surface area contributed by atoms with Crippen molar-refractivity contribution in [3.05, 3.63) is 54.4 Å². The van der Waals surface area contributed by atoms with Crippen LogP contribution in [-0.4, -0.2) is 37.5 Å². The zero-order valence-corrected chi connectivity index (χ0v) is 17.4. The summed E-state index contributed by atoms with van der Waals surface area (Å²) >= 11 is 0. The predicted molar refractivity (Wildman–Crippen MR) is 117 cm³/mol. The van der Waals surface area contributed by atoms with Crippen molar-refractivity contribution < 1.29 is 19.2 Å². The van der Waals surface area contributed by atoms with Gasteiger partial charge in [-0.1, -0.05) is 12.1 Å². The highest BCUT2D eigenvalue weighted by Crippen LogP contribution is 2.27. The van der Waals surface area contributed by atoms with E-state index in [4.69, 9.17) is 20.1 Å². The molecule has 1 aromatic carbocycles. The zero-order valence-electron chi connectivity index (χ0n) is 17.4. The van der Waals surface area contributed by atoms with E-state index >= 15 is 0 Å². The molecule has 10 nitrogen and oxygen atoms in total. The number of furan rings is 1. The van der Waals surface area contributed by atoms with Crippen molar-refractivity contribution in [3.8, 4) is 17.2 Å². The number of benzene rings is 1. The molecule has 4 aromatic rings. The first-order valence-electron chi connectivity index (χ1n) is 10.3. The zero-order chi connectivity index (χ0) is 22.3. The van der Waals surface area contributed by atoms with Crippen molar-refractivity contribution in [3.63, 3.8) is 0 Å². The van der Waals surface area contributed by atoms with Gasteiger partial charge in [0.2, 0.25) is 11.9 Å². The molecule has 4 rings (SSSR count). The molecule has 0 fully saturated rings. The number of nitrogens with zero attached hydrogens (tertiary/aromatic N) is 4. The molecule has 1 amide bonds. The molecule has 4 N–H and O–H groups in total. The van der Waals surface area contributed by atoms with Gasteiger partial charge in [0.05, 0.1) is 31.0 Å². The van der Waals surface area contributed by atoms with Gasteiger partial charge in [0.15, 0.2) is 11.4 Å². The Hall–Kier alpha value is -3.92. The van der Waals surface area contributed by atoms with E-state index in [-0.39, 0.29) is 11.9 Å². The van der Waals surface area contributed by atoms with Crippen molar-refractivity contribution in [1.82, 2.24) is 25.2 Å². The van der Waals surface area contributed by atoms with Crippen LogP contribution in [0.4, 0.5) is 5.95 Å². The fraction of sp³-hybridized carbons (Fsp3) is 0.273. The highest BCUT2D eigenvalue weighted by atomic mass is 16.5. The van der Waals surface area contributed by atoms with Crippen LogP contribution in [0, 0.1) is 0 Å². The third-order valence-electron chi connectivity index (χ3n) is 4.94. The largest absolute Gasteiger partial charge is 0.494 e. The number of unbranched alkanes of at least 4 members (excludes halogenated alkanes) is 2. The molecule has 0 aliphatic rings. The maximum Gasteiger partial charge on any atom is 0.243 e. The summed E-state index contributed by atoms with van der Waals surface area (Å²) in [6, 6.07) is 11.4. The lowest BCUT2D eigenvalue weighted by atomic mass is 10.2. The summed E-state index contributed by atoms with van der Waals surface area (Å²) in [7, 11) is 0. The molecule has 0 unspecified atom stereocenters. The Kier molecular flexibility index (Phi) is 6.61. The monoisotopic (exact) mass is 436 g/mol. The summed E-state index contributed by atoms with van der Waals surface area (Å²) < 4.78 is 13.1. The maximum atomic E-state index is 11.0. The number of hydrogen-bond donors (Lipinski definition) is 3. The highest BCUT2D eigenvalue weighted by molar-refractivity contribution is 5.89. The van der Waals surface area contributed by atoms with Crippen LogP contribution >= 0.6 is 0 Å². The first-order chi connectivity index (χ1) is 15.6. The van der Waals surface area contributed by atoms with E-state index in [1.54, 1.807) is 28.7 Å². The Morgan fingerprint density at radius 3 is 2.91 bits per heavy atom. The van der Waals surface area contributed by atoms with E-state index in [0.29, 0.717) is 43.1 Å². The van der Waals surface area contributed by atoms with E-state index in [1.165, 1.54) is 0 Å². The second kappa shape index (κ2) is 9.92. The van der Waals surface area contributed by atoms with Crippen LogP contribution in [0.15, 0.2) is 53.3 Å². The Morgan fingerprint density at radius 2 is 2.09 bits per heavy atom. The van der Waals surface area contributed by atoms with Gasteiger partial charge in [0.25, 0.3) is 0 Å². The van der Waals surface area contributed by atoms with E-state index in [9.17, 15) is 4.79 Å². The Balaban J connectivity index is 1.41. The quantitative estimate of drug-likeness (QED) is 0.196. The smallest absolute Gasteiger partial charge is 0.243 e. The lowest BCUT2D eigenvalue weighted by Crippen LogP contribution is -2.17. The van der Waals surface area contributed by atoms with Crippen LogP contribution in [0.3, 0.4) is 0 Å². The molecule has 3 heterocycles. The number of amides is 1.